The number of anilines is 1. The Balaban J connectivity index is 2.14. The predicted molar refractivity (Wildman–Crippen MR) is 132 cm³/mol. The molecule has 1 amide bonds. The Morgan fingerprint density at radius 3 is 2.46 bits per heavy atom. The zero-order valence-corrected chi connectivity index (χ0v) is 21.6. The number of rotatable bonds is 5. The molecule has 0 aliphatic carbocycles. The minimum atomic E-state index is -0.682. The minimum absolute atomic E-state index is 0.0270. The summed E-state index contributed by atoms with van der Waals surface area (Å²) in [5.74, 6) is -0.0482. The molecule has 1 heterocycles. The lowest BCUT2D eigenvalue weighted by Crippen LogP contribution is -2.34. The largest absolute Gasteiger partial charge is 0.495 e. The Bertz CT molecular complexity index is 1160. The molecule has 8 heteroatoms. The van der Waals surface area contributed by atoms with Gasteiger partial charge in [-0.25, -0.2) is 9.59 Å². The van der Waals surface area contributed by atoms with Crippen LogP contribution in [0.3, 0.4) is 0 Å². The van der Waals surface area contributed by atoms with Gasteiger partial charge in [-0.1, -0.05) is 13.8 Å². The van der Waals surface area contributed by atoms with Crippen molar-refractivity contribution in [3.8, 4) is 17.2 Å². The van der Waals surface area contributed by atoms with Crippen LogP contribution in [0.25, 0.3) is 0 Å². The van der Waals surface area contributed by atoms with Gasteiger partial charge >= 0.3 is 12.1 Å². The highest BCUT2D eigenvalue weighted by atomic mass is 16.6. The zero-order valence-electron chi connectivity index (χ0n) is 21.6. The molecule has 2 aromatic carbocycles. The molecule has 0 unspecified atom stereocenters. The van der Waals surface area contributed by atoms with Crippen LogP contribution in [-0.4, -0.2) is 37.6 Å². The Morgan fingerprint density at radius 1 is 1.17 bits per heavy atom. The number of amides is 1. The number of ether oxygens (including phenoxy) is 4. The molecule has 0 atom stereocenters. The molecule has 0 radical (unpaired) electrons. The number of hydrogen-bond donors (Lipinski definition) is 0. The molecule has 3 rings (SSSR count). The molecule has 188 valence electrons. The summed E-state index contributed by atoms with van der Waals surface area (Å²) in [6, 6.07) is 6.77. The highest BCUT2D eigenvalue weighted by Gasteiger charge is 2.31. The smallest absolute Gasteiger partial charge is 0.414 e. The first-order valence-electron chi connectivity index (χ1n) is 11.5. The van der Waals surface area contributed by atoms with Crippen LogP contribution in [0, 0.1) is 12.8 Å². The number of fused-ring (bicyclic) bond motifs is 2. The summed E-state index contributed by atoms with van der Waals surface area (Å²) in [5, 5.41) is 0. The van der Waals surface area contributed by atoms with Gasteiger partial charge in [-0.15, -0.1) is 0 Å². The van der Waals surface area contributed by atoms with Gasteiger partial charge in [0.15, 0.2) is 11.5 Å². The monoisotopic (exact) mass is 483 g/mol. The number of carbonyl (C=O) groups is 3. The van der Waals surface area contributed by atoms with Gasteiger partial charge in [0.05, 0.1) is 18.4 Å². The summed E-state index contributed by atoms with van der Waals surface area (Å²) in [7, 11) is 2.99. The maximum Gasteiger partial charge on any atom is 0.414 e. The van der Waals surface area contributed by atoms with Crippen LogP contribution in [0.1, 0.15) is 72.9 Å². The molecular formula is C27H33NO7. The van der Waals surface area contributed by atoms with Gasteiger partial charge < -0.3 is 18.9 Å². The minimum Gasteiger partial charge on any atom is -0.495 e. The van der Waals surface area contributed by atoms with E-state index < -0.39 is 17.7 Å². The van der Waals surface area contributed by atoms with Crippen molar-refractivity contribution in [1.29, 1.82) is 0 Å². The molecule has 0 saturated carbocycles. The third-order valence-electron chi connectivity index (χ3n) is 5.31. The Labute approximate surface area is 206 Å². The first-order chi connectivity index (χ1) is 16.3. The van der Waals surface area contributed by atoms with E-state index in [9.17, 15) is 14.4 Å². The fraction of sp³-hybridized carbons (Fsp3) is 0.444. The van der Waals surface area contributed by atoms with E-state index in [0.717, 1.165) is 5.56 Å². The summed E-state index contributed by atoms with van der Waals surface area (Å²) in [5.41, 5.74) is 1.53. The molecule has 1 aliphatic rings. The molecule has 8 nitrogen and oxygen atoms in total. The Hall–Kier alpha value is -3.55. The van der Waals surface area contributed by atoms with Crippen LogP contribution < -0.4 is 14.4 Å². The van der Waals surface area contributed by atoms with Gasteiger partial charge in [-0.2, -0.15) is 0 Å². The van der Waals surface area contributed by atoms with Gasteiger partial charge in [0.2, 0.25) is 0 Å². The number of hydrogen-bond acceptors (Lipinski definition) is 7. The molecule has 0 aromatic heterocycles. The van der Waals surface area contributed by atoms with Crippen molar-refractivity contribution in [2.45, 2.75) is 60.2 Å². The lowest BCUT2D eigenvalue weighted by Gasteiger charge is -2.28. The van der Waals surface area contributed by atoms with Crippen molar-refractivity contribution in [2.75, 3.05) is 19.1 Å². The quantitative estimate of drug-likeness (QED) is 0.377. The van der Waals surface area contributed by atoms with Crippen molar-refractivity contribution >= 4 is 23.5 Å². The molecule has 0 saturated heterocycles. The fourth-order valence-electron chi connectivity index (χ4n) is 3.81. The zero-order chi connectivity index (χ0) is 26.1. The fourth-order valence-corrected chi connectivity index (χ4v) is 3.81. The normalized spacial score (nSPS) is 13.0. The number of cyclic esters (lactones) is 1. The molecule has 35 heavy (non-hydrogen) atoms. The van der Waals surface area contributed by atoms with E-state index in [1.165, 1.54) is 12.0 Å². The van der Waals surface area contributed by atoms with Crippen LogP contribution in [0.5, 0.6) is 17.2 Å². The van der Waals surface area contributed by atoms with Crippen LogP contribution in [0.4, 0.5) is 10.5 Å². The van der Waals surface area contributed by atoms with Crippen LogP contribution in [-0.2, 0) is 16.1 Å². The topological polar surface area (TPSA) is 91.4 Å². The highest BCUT2D eigenvalue weighted by molar-refractivity contribution is 6.05. The lowest BCUT2D eigenvalue weighted by molar-refractivity contribution is 0.0453. The summed E-state index contributed by atoms with van der Waals surface area (Å²) in [4.78, 5) is 40.0. The van der Waals surface area contributed by atoms with E-state index in [1.54, 1.807) is 46.0 Å². The second-order valence-corrected chi connectivity index (χ2v) is 10.0. The second-order valence-electron chi connectivity index (χ2n) is 10.0. The van der Waals surface area contributed by atoms with Gasteiger partial charge in [-0.3, -0.25) is 9.69 Å². The van der Waals surface area contributed by atoms with E-state index in [4.69, 9.17) is 18.9 Å². The number of nitrogens with zero attached hydrogens (tertiary/aromatic N) is 1. The molecule has 1 aliphatic heterocycles. The maximum absolute atomic E-state index is 13.0. The van der Waals surface area contributed by atoms with E-state index in [1.807, 2.05) is 26.8 Å². The average molecular weight is 484 g/mol. The predicted octanol–water partition coefficient (Wildman–Crippen LogP) is 6.07. The lowest BCUT2D eigenvalue weighted by atomic mass is 9.97. The SMILES string of the molecule is COc1c(C(=O)CC(C)C)ccc2c1C(=O)OCc1cc(C)cc(N(C)C(=O)OC(C)(C)C)c1O2. The van der Waals surface area contributed by atoms with E-state index in [0.29, 0.717) is 23.4 Å². The highest BCUT2D eigenvalue weighted by Crippen LogP contribution is 2.43. The van der Waals surface area contributed by atoms with E-state index in [-0.39, 0.29) is 40.9 Å². The van der Waals surface area contributed by atoms with Crippen LogP contribution in [0.15, 0.2) is 24.3 Å². The molecule has 0 spiro atoms. The Kier molecular flexibility index (Phi) is 7.43. The first kappa shape index (κ1) is 26.1. The number of esters is 1. The summed E-state index contributed by atoms with van der Waals surface area (Å²) >= 11 is 0. The number of benzene rings is 2. The van der Waals surface area contributed by atoms with E-state index >= 15 is 0 Å². The van der Waals surface area contributed by atoms with Crippen molar-refractivity contribution < 1.29 is 33.3 Å². The van der Waals surface area contributed by atoms with Gasteiger partial charge in [-0.05, 0) is 63.4 Å². The van der Waals surface area contributed by atoms with Gasteiger partial charge in [0, 0.05) is 19.0 Å². The molecule has 0 bridgehead atoms. The van der Waals surface area contributed by atoms with Crippen LogP contribution >= 0.6 is 0 Å². The van der Waals surface area contributed by atoms with Crippen molar-refractivity contribution in [2.24, 2.45) is 5.92 Å². The van der Waals surface area contributed by atoms with Crippen LogP contribution in [0.2, 0.25) is 0 Å². The van der Waals surface area contributed by atoms with Crippen molar-refractivity contribution in [1.82, 2.24) is 0 Å². The van der Waals surface area contributed by atoms with Gasteiger partial charge in [0.1, 0.15) is 29.3 Å². The molecule has 0 fully saturated rings. The van der Waals surface area contributed by atoms with Gasteiger partial charge in [0.25, 0.3) is 0 Å². The Morgan fingerprint density at radius 2 is 1.86 bits per heavy atom. The maximum atomic E-state index is 13.0. The van der Waals surface area contributed by atoms with Crippen molar-refractivity contribution in [3.05, 3.63) is 46.5 Å². The summed E-state index contributed by atoms with van der Waals surface area (Å²) < 4.78 is 22.9. The third kappa shape index (κ3) is 5.75. The third-order valence-corrected chi connectivity index (χ3v) is 5.31. The summed E-state index contributed by atoms with van der Waals surface area (Å²) in [6.07, 6.45) is -0.252. The number of ketones is 1. The number of Topliss-reactive ketones (excluding diaryl/α,β-unsaturated/α-hetero) is 1. The number of carbonyl (C=O) groups excluding carboxylic acids is 3. The first-order valence-corrected chi connectivity index (χ1v) is 11.5. The second kappa shape index (κ2) is 9.98. The molecule has 0 N–H and O–H groups in total. The average Bonchev–Trinajstić information content (AvgIpc) is 2.74. The van der Waals surface area contributed by atoms with Crippen molar-refractivity contribution in [3.63, 3.8) is 0 Å². The molecule has 2 aromatic rings. The number of methoxy groups -OCH3 is 1. The summed E-state index contributed by atoms with van der Waals surface area (Å²) in [6.45, 7) is 11.0. The molecular weight excluding hydrogens is 450 g/mol. The standard InChI is InChI=1S/C27H33NO7/c1-15(2)11-20(29)18-9-10-21-22(24(18)32-8)25(30)33-14-17-12-16(3)13-19(23(17)34-21)28(7)26(31)35-27(4,5)6/h9-10,12-13,15H,11,14H2,1-8H3. The van der Waals surface area contributed by atoms with E-state index in [2.05, 4.69) is 0 Å². The number of aryl methyl sites for hydroxylation is 1.